The topological polar surface area (TPSA) is 60.7 Å². The molecule has 3 heteroatoms. The molecule has 3 rings (SSSR count). The van der Waals surface area contributed by atoms with Gasteiger partial charge in [-0.25, -0.2) is 0 Å². The van der Waals surface area contributed by atoms with Crippen LogP contribution in [-0.2, 0) is 5.41 Å². The highest BCUT2D eigenvalue weighted by atomic mass is 16.3. The third-order valence-corrected chi connectivity index (χ3v) is 3.22. The molecular formula is C22H26O3. The van der Waals surface area contributed by atoms with Crippen molar-refractivity contribution in [2.45, 2.75) is 26.2 Å². The van der Waals surface area contributed by atoms with Gasteiger partial charge in [-0.05, 0) is 41.3 Å². The van der Waals surface area contributed by atoms with Gasteiger partial charge in [0, 0.05) is 0 Å². The van der Waals surface area contributed by atoms with Crippen molar-refractivity contribution in [3.63, 3.8) is 0 Å². The maximum atomic E-state index is 9.45. The molecule has 0 aromatic heterocycles. The molecule has 0 radical (unpaired) electrons. The zero-order valence-corrected chi connectivity index (χ0v) is 14.9. The standard InChI is InChI=1S/C10H14O.2C6H6O/c1-10(2,3)8-6-4-5-7-9(8)11;2*7-6-4-2-1-3-5-6/h4-7,11H,1-3H3;2*1-5,7H. The molecule has 0 saturated carbocycles. The number of rotatable bonds is 0. The summed E-state index contributed by atoms with van der Waals surface area (Å²) < 4.78 is 0. The average molecular weight is 338 g/mol. The third kappa shape index (κ3) is 8.47. The summed E-state index contributed by atoms with van der Waals surface area (Å²) in [5.41, 5.74) is 1.03. The van der Waals surface area contributed by atoms with E-state index in [-0.39, 0.29) is 5.41 Å². The van der Waals surface area contributed by atoms with Crippen molar-refractivity contribution in [2.24, 2.45) is 0 Å². The largest absolute Gasteiger partial charge is 0.508 e. The minimum absolute atomic E-state index is 0.0331. The maximum Gasteiger partial charge on any atom is 0.119 e. The zero-order valence-electron chi connectivity index (χ0n) is 14.9. The zero-order chi connectivity index (χ0) is 18.7. The van der Waals surface area contributed by atoms with Crippen LogP contribution >= 0.6 is 0 Å². The van der Waals surface area contributed by atoms with Gasteiger partial charge in [-0.1, -0.05) is 75.4 Å². The van der Waals surface area contributed by atoms with E-state index in [0.29, 0.717) is 17.2 Å². The summed E-state index contributed by atoms with van der Waals surface area (Å²) in [7, 11) is 0. The summed E-state index contributed by atoms with van der Waals surface area (Å²) in [5.74, 6) is 1.03. The van der Waals surface area contributed by atoms with Crippen molar-refractivity contribution < 1.29 is 15.3 Å². The lowest BCUT2D eigenvalue weighted by molar-refractivity contribution is 0.447. The molecule has 0 saturated heterocycles. The molecule has 0 fully saturated rings. The smallest absolute Gasteiger partial charge is 0.119 e. The number of benzene rings is 3. The number of hydrogen-bond donors (Lipinski definition) is 3. The van der Waals surface area contributed by atoms with Gasteiger partial charge < -0.3 is 15.3 Å². The minimum atomic E-state index is 0.0331. The van der Waals surface area contributed by atoms with Gasteiger partial charge in [0.1, 0.15) is 17.2 Å². The summed E-state index contributed by atoms with van der Waals surface area (Å²) in [6.45, 7) is 6.26. The van der Waals surface area contributed by atoms with Crippen molar-refractivity contribution in [3.8, 4) is 17.2 Å². The fraction of sp³-hybridized carbons (Fsp3) is 0.182. The van der Waals surface area contributed by atoms with Crippen LogP contribution in [0.15, 0.2) is 84.9 Å². The van der Waals surface area contributed by atoms with E-state index in [2.05, 4.69) is 20.8 Å². The van der Waals surface area contributed by atoms with Gasteiger partial charge in [-0.3, -0.25) is 0 Å². The van der Waals surface area contributed by atoms with Crippen LogP contribution in [0.4, 0.5) is 0 Å². The number of hydrogen-bond acceptors (Lipinski definition) is 3. The van der Waals surface area contributed by atoms with Gasteiger partial charge in [0.25, 0.3) is 0 Å². The van der Waals surface area contributed by atoms with Crippen LogP contribution in [0.5, 0.6) is 17.2 Å². The second kappa shape index (κ2) is 10.0. The fourth-order valence-corrected chi connectivity index (χ4v) is 1.96. The second-order valence-electron chi connectivity index (χ2n) is 6.44. The molecule has 0 unspecified atom stereocenters. The van der Waals surface area contributed by atoms with E-state index < -0.39 is 0 Å². The van der Waals surface area contributed by atoms with E-state index in [1.165, 1.54) is 0 Å². The lowest BCUT2D eigenvalue weighted by atomic mass is 9.86. The summed E-state index contributed by atoms with van der Waals surface area (Å²) in [5, 5.41) is 26.7. The van der Waals surface area contributed by atoms with Gasteiger partial charge in [0.05, 0.1) is 0 Å². The van der Waals surface area contributed by atoms with Gasteiger partial charge in [-0.2, -0.15) is 0 Å². The number of phenols is 3. The molecule has 0 aliphatic heterocycles. The molecule has 3 aromatic rings. The minimum Gasteiger partial charge on any atom is -0.508 e. The third-order valence-electron chi connectivity index (χ3n) is 3.22. The van der Waals surface area contributed by atoms with Crippen molar-refractivity contribution in [1.82, 2.24) is 0 Å². The Morgan fingerprint density at radius 3 is 1.12 bits per heavy atom. The monoisotopic (exact) mass is 338 g/mol. The highest BCUT2D eigenvalue weighted by molar-refractivity contribution is 5.36. The highest BCUT2D eigenvalue weighted by Gasteiger charge is 2.16. The van der Waals surface area contributed by atoms with E-state index in [1.54, 1.807) is 54.6 Å². The van der Waals surface area contributed by atoms with Crippen LogP contribution in [0.2, 0.25) is 0 Å². The number of para-hydroxylation sites is 3. The van der Waals surface area contributed by atoms with Crippen molar-refractivity contribution in [3.05, 3.63) is 90.5 Å². The van der Waals surface area contributed by atoms with Crippen LogP contribution in [0.25, 0.3) is 0 Å². The molecule has 25 heavy (non-hydrogen) atoms. The Morgan fingerprint density at radius 2 is 0.880 bits per heavy atom. The highest BCUT2D eigenvalue weighted by Crippen LogP contribution is 2.29. The molecule has 0 amide bonds. The average Bonchev–Trinajstić information content (AvgIpc) is 2.57. The van der Waals surface area contributed by atoms with Crippen LogP contribution in [0.3, 0.4) is 0 Å². The van der Waals surface area contributed by atoms with E-state index >= 15 is 0 Å². The first-order chi connectivity index (χ1) is 11.8. The lowest BCUT2D eigenvalue weighted by Crippen LogP contribution is -2.10. The van der Waals surface area contributed by atoms with Crippen LogP contribution < -0.4 is 0 Å². The van der Waals surface area contributed by atoms with E-state index in [4.69, 9.17) is 10.2 Å². The summed E-state index contributed by atoms with van der Waals surface area (Å²) >= 11 is 0. The SMILES string of the molecule is CC(C)(C)c1ccccc1O.Oc1ccccc1.Oc1ccccc1. The van der Waals surface area contributed by atoms with Gasteiger partial charge >= 0.3 is 0 Å². The molecular weight excluding hydrogens is 312 g/mol. The fourth-order valence-electron chi connectivity index (χ4n) is 1.96. The van der Waals surface area contributed by atoms with E-state index in [0.717, 1.165) is 5.56 Å². The molecule has 0 aliphatic rings. The number of aromatic hydroxyl groups is 3. The Kier molecular flexibility index (Phi) is 8.07. The van der Waals surface area contributed by atoms with Crippen molar-refractivity contribution in [1.29, 1.82) is 0 Å². The predicted molar refractivity (Wildman–Crippen MR) is 103 cm³/mol. The second-order valence-corrected chi connectivity index (χ2v) is 6.44. The van der Waals surface area contributed by atoms with Crippen LogP contribution in [0.1, 0.15) is 26.3 Å². The molecule has 132 valence electrons. The predicted octanol–water partition coefficient (Wildman–Crippen LogP) is 5.47. The molecule has 0 bridgehead atoms. The molecule has 3 N–H and O–H groups in total. The first kappa shape index (κ1) is 20.1. The Labute approximate surface area is 149 Å². The Morgan fingerprint density at radius 1 is 0.520 bits per heavy atom. The van der Waals surface area contributed by atoms with Gasteiger partial charge in [-0.15, -0.1) is 0 Å². The lowest BCUT2D eigenvalue weighted by Gasteiger charge is -2.19. The van der Waals surface area contributed by atoms with E-state index in [1.807, 2.05) is 30.3 Å². The van der Waals surface area contributed by atoms with Crippen molar-refractivity contribution >= 4 is 0 Å². The first-order valence-corrected chi connectivity index (χ1v) is 8.07. The Balaban J connectivity index is 0.000000195. The quantitative estimate of drug-likeness (QED) is 0.509. The van der Waals surface area contributed by atoms with Crippen LogP contribution in [0, 0.1) is 0 Å². The Hall–Kier alpha value is -2.94. The number of phenolic OH excluding ortho intramolecular Hbond substituents is 3. The first-order valence-electron chi connectivity index (χ1n) is 8.07. The van der Waals surface area contributed by atoms with Crippen molar-refractivity contribution in [2.75, 3.05) is 0 Å². The van der Waals surface area contributed by atoms with E-state index in [9.17, 15) is 5.11 Å². The van der Waals surface area contributed by atoms with Gasteiger partial charge in [0.2, 0.25) is 0 Å². The van der Waals surface area contributed by atoms with Crippen LogP contribution in [-0.4, -0.2) is 15.3 Å². The normalized spacial score (nSPS) is 9.88. The van der Waals surface area contributed by atoms with Gasteiger partial charge in [0.15, 0.2) is 0 Å². The summed E-state index contributed by atoms with van der Waals surface area (Å²) in [6, 6.07) is 24.9. The Bertz CT molecular complexity index is 680. The molecule has 3 aromatic carbocycles. The summed E-state index contributed by atoms with van der Waals surface area (Å²) in [6.07, 6.45) is 0. The molecule has 0 atom stereocenters. The maximum absolute atomic E-state index is 9.45. The molecule has 3 nitrogen and oxygen atoms in total. The molecule has 0 aliphatic carbocycles. The molecule has 0 spiro atoms. The molecule has 0 heterocycles. The summed E-state index contributed by atoms with van der Waals surface area (Å²) in [4.78, 5) is 0.